The van der Waals surface area contributed by atoms with Crippen molar-refractivity contribution < 1.29 is 22.8 Å². The lowest BCUT2D eigenvalue weighted by Gasteiger charge is -2.18. The standard InChI is InChI=1S/C27H23N5O5S3/c33-25(17-9-11-19(12-10-17)32-40(36,37)24-8-4-14-39-24)30-31-26(34)22(29-27(35)23-7-3-13-38-23)15-18-16-28-21-6-2-1-5-20(18)21/h1-14,16,22,28,32H,15H2,(H,29,35)(H,30,33)(H,31,34)/t22-/m0/s1. The molecule has 3 heterocycles. The number of carbonyl (C=O) groups excluding carboxylic acids is 3. The van der Waals surface area contributed by atoms with Gasteiger partial charge in [0.25, 0.3) is 27.7 Å². The van der Waals surface area contributed by atoms with Gasteiger partial charge < -0.3 is 10.3 Å². The molecule has 1 atom stereocenters. The molecule has 0 aliphatic rings. The van der Waals surface area contributed by atoms with Crippen molar-refractivity contribution in [1.29, 1.82) is 0 Å². The van der Waals surface area contributed by atoms with Crippen LogP contribution in [-0.2, 0) is 21.2 Å². The zero-order valence-electron chi connectivity index (χ0n) is 20.7. The minimum absolute atomic E-state index is 0.172. The van der Waals surface area contributed by atoms with Gasteiger partial charge in [0, 0.05) is 34.8 Å². The molecule has 5 aromatic rings. The van der Waals surface area contributed by atoms with Gasteiger partial charge in [-0.2, -0.15) is 0 Å². The number of amides is 3. The molecule has 0 fully saturated rings. The number of H-pyrrole nitrogens is 1. The lowest BCUT2D eigenvalue weighted by atomic mass is 10.0. The molecular formula is C27H23N5O5S3. The summed E-state index contributed by atoms with van der Waals surface area (Å²) in [5.74, 6) is -1.62. The summed E-state index contributed by atoms with van der Waals surface area (Å²) in [6.45, 7) is 0. The summed E-state index contributed by atoms with van der Waals surface area (Å²) in [6.07, 6.45) is 1.97. The number of benzene rings is 2. The van der Waals surface area contributed by atoms with Crippen LogP contribution in [0.4, 0.5) is 5.69 Å². The third kappa shape index (κ3) is 6.22. The van der Waals surface area contributed by atoms with E-state index < -0.39 is 33.8 Å². The smallest absolute Gasteiger partial charge is 0.271 e. The van der Waals surface area contributed by atoms with Gasteiger partial charge in [0.15, 0.2) is 0 Å². The summed E-state index contributed by atoms with van der Waals surface area (Å²) < 4.78 is 27.4. The minimum Gasteiger partial charge on any atom is -0.361 e. The Bertz CT molecular complexity index is 1750. The number of anilines is 1. The molecule has 10 nitrogen and oxygen atoms in total. The SMILES string of the molecule is O=C(NNC(=O)[C@H](Cc1c[nH]c2ccccc12)NC(=O)c1cccs1)c1ccc(NS(=O)(=O)c2cccs2)cc1. The van der Waals surface area contributed by atoms with Crippen LogP contribution in [0.25, 0.3) is 10.9 Å². The highest BCUT2D eigenvalue weighted by Crippen LogP contribution is 2.21. The Kier molecular flexibility index (Phi) is 7.96. The monoisotopic (exact) mass is 593 g/mol. The number of aromatic amines is 1. The fourth-order valence-electron chi connectivity index (χ4n) is 3.96. The van der Waals surface area contributed by atoms with Crippen LogP contribution in [0.5, 0.6) is 0 Å². The number of hydrogen-bond donors (Lipinski definition) is 5. The maximum Gasteiger partial charge on any atom is 0.271 e. The zero-order valence-corrected chi connectivity index (χ0v) is 23.2. The maximum atomic E-state index is 13.1. The van der Waals surface area contributed by atoms with Crippen molar-refractivity contribution in [2.45, 2.75) is 16.7 Å². The lowest BCUT2D eigenvalue weighted by Crippen LogP contribution is -2.53. The van der Waals surface area contributed by atoms with Gasteiger partial charge in [-0.25, -0.2) is 8.42 Å². The summed E-state index contributed by atoms with van der Waals surface area (Å²) >= 11 is 2.34. The van der Waals surface area contributed by atoms with E-state index in [-0.39, 0.29) is 21.9 Å². The average Bonchev–Trinajstić information content (AvgIpc) is 3.74. The van der Waals surface area contributed by atoms with Crippen LogP contribution < -0.4 is 20.9 Å². The molecule has 2 aromatic carbocycles. The van der Waals surface area contributed by atoms with Crippen molar-refractivity contribution in [3.63, 3.8) is 0 Å². The molecule has 0 aliphatic heterocycles. The molecule has 13 heteroatoms. The van der Waals surface area contributed by atoms with Crippen LogP contribution >= 0.6 is 22.7 Å². The van der Waals surface area contributed by atoms with Gasteiger partial charge in [-0.3, -0.25) is 30.0 Å². The molecule has 0 aliphatic carbocycles. The number of thiophene rings is 2. The Morgan fingerprint density at radius 3 is 2.30 bits per heavy atom. The van der Waals surface area contributed by atoms with Gasteiger partial charge in [-0.05, 0) is 58.8 Å². The van der Waals surface area contributed by atoms with E-state index in [0.29, 0.717) is 4.88 Å². The fourth-order valence-corrected chi connectivity index (χ4v) is 6.63. The summed E-state index contributed by atoms with van der Waals surface area (Å²) in [4.78, 5) is 42.2. The van der Waals surface area contributed by atoms with Gasteiger partial charge in [0.1, 0.15) is 10.3 Å². The highest BCUT2D eigenvalue weighted by molar-refractivity contribution is 7.94. The first-order chi connectivity index (χ1) is 19.3. The van der Waals surface area contributed by atoms with E-state index in [0.717, 1.165) is 27.8 Å². The molecule has 3 amide bonds. The maximum absolute atomic E-state index is 13.1. The normalized spacial score (nSPS) is 12.0. The highest BCUT2D eigenvalue weighted by atomic mass is 32.2. The Labute approximate surface area is 237 Å². The number of aromatic nitrogens is 1. The van der Waals surface area contributed by atoms with E-state index >= 15 is 0 Å². The van der Waals surface area contributed by atoms with Gasteiger partial charge in [0.2, 0.25) is 0 Å². The van der Waals surface area contributed by atoms with Gasteiger partial charge in [-0.15, -0.1) is 22.7 Å². The van der Waals surface area contributed by atoms with Crippen molar-refractivity contribution in [3.8, 4) is 0 Å². The number of hydrazine groups is 1. The zero-order chi connectivity index (χ0) is 28.1. The van der Waals surface area contributed by atoms with Crippen molar-refractivity contribution in [1.82, 2.24) is 21.2 Å². The highest BCUT2D eigenvalue weighted by Gasteiger charge is 2.24. The van der Waals surface area contributed by atoms with E-state index in [9.17, 15) is 22.8 Å². The Morgan fingerprint density at radius 1 is 0.825 bits per heavy atom. The number of sulfonamides is 1. The number of fused-ring (bicyclic) bond motifs is 1. The molecule has 5 rings (SSSR count). The molecule has 204 valence electrons. The first-order valence-electron chi connectivity index (χ1n) is 12.0. The fraction of sp³-hybridized carbons (Fsp3) is 0.0741. The second-order valence-corrected chi connectivity index (χ2v) is 12.4. The Hall–Kier alpha value is -4.46. The van der Waals surface area contributed by atoms with Crippen LogP contribution in [0.1, 0.15) is 25.6 Å². The number of hydrogen-bond acceptors (Lipinski definition) is 7. The molecule has 40 heavy (non-hydrogen) atoms. The third-order valence-electron chi connectivity index (χ3n) is 5.92. The van der Waals surface area contributed by atoms with E-state index in [4.69, 9.17) is 0 Å². The van der Waals surface area contributed by atoms with Crippen LogP contribution in [-0.4, -0.2) is 37.2 Å². The Morgan fingerprint density at radius 2 is 1.57 bits per heavy atom. The second-order valence-electron chi connectivity index (χ2n) is 8.63. The van der Waals surface area contributed by atoms with E-state index in [1.165, 1.54) is 41.7 Å². The first kappa shape index (κ1) is 27.1. The van der Waals surface area contributed by atoms with E-state index in [1.807, 2.05) is 24.3 Å². The van der Waals surface area contributed by atoms with E-state index in [1.54, 1.807) is 35.2 Å². The van der Waals surface area contributed by atoms with Crippen LogP contribution in [0.3, 0.4) is 0 Å². The van der Waals surface area contributed by atoms with Crippen molar-refractivity contribution in [2.24, 2.45) is 0 Å². The van der Waals surface area contributed by atoms with Crippen molar-refractivity contribution in [3.05, 3.63) is 106 Å². The van der Waals surface area contributed by atoms with Crippen LogP contribution in [0.15, 0.2) is 94.0 Å². The van der Waals surface area contributed by atoms with Gasteiger partial charge in [-0.1, -0.05) is 30.3 Å². The topological polar surface area (TPSA) is 149 Å². The molecular weight excluding hydrogens is 571 g/mol. The predicted molar refractivity (Wildman–Crippen MR) is 155 cm³/mol. The number of carbonyl (C=O) groups is 3. The second kappa shape index (κ2) is 11.7. The molecule has 3 aromatic heterocycles. The molecule has 0 saturated carbocycles. The molecule has 0 spiro atoms. The predicted octanol–water partition coefficient (Wildman–Crippen LogP) is 3.89. The number of para-hydroxylation sites is 1. The summed E-state index contributed by atoms with van der Waals surface area (Å²) in [5, 5.41) is 7.10. The molecule has 0 saturated heterocycles. The average molecular weight is 594 g/mol. The number of nitrogens with one attached hydrogen (secondary N) is 5. The van der Waals surface area contributed by atoms with Gasteiger partial charge >= 0.3 is 0 Å². The van der Waals surface area contributed by atoms with E-state index in [2.05, 4.69) is 25.9 Å². The quantitative estimate of drug-likeness (QED) is 0.164. The molecule has 0 bridgehead atoms. The third-order valence-corrected chi connectivity index (χ3v) is 9.57. The molecule has 5 N–H and O–H groups in total. The first-order valence-corrected chi connectivity index (χ1v) is 15.2. The number of rotatable bonds is 9. The van der Waals surface area contributed by atoms with Crippen LogP contribution in [0.2, 0.25) is 0 Å². The largest absolute Gasteiger partial charge is 0.361 e. The lowest BCUT2D eigenvalue weighted by molar-refractivity contribution is -0.123. The summed E-state index contributed by atoms with van der Waals surface area (Å²) in [6, 6.07) is 18.9. The van der Waals surface area contributed by atoms with Crippen LogP contribution in [0, 0.1) is 0 Å². The Balaban J connectivity index is 1.25. The molecule has 0 radical (unpaired) electrons. The summed E-state index contributed by atoms with van der Waals surface area (Å²) in [5.41, 5.74) is 6.95. The summed E-state index contributed by atoms with van der Waals surface area (Å²) in [7, 11) is -3.72. The van der Waals surface area contributed by atoms with Crippen molar-refractivity contribution in [2.75, 3.05) is 4.72 Å². The van der Waals surface area contributed by atoms with Crippen molar-refractivity contribution >= 4 is 67.0 Å². The minimum atomic E-state index is -3.72. The van der Waals surface area contributed by atoms with Gasteiger partial charge in [0.05, 0.1) is 4.88 Å². The molecule has 0 unspecified atom stereocenters.